The molecule has 1 saturated carbocycles. The van der Waals surface area contributed by atoms with Crippen LogP contribution in [0.5, 0.6) is 0 Å². The van der Waals surface area contributed by atoms with E-state index in [-0.39, 0.29) is 36.6 Å². The smallest absolute Gasteiger partial charge is 0.326 e. The monoisotopic (exact) mass is 298 g/mol. The first kappa shape index (κ1) is 17.5. The standard InChI is InChI=1S/C15H26N2O4/c1-10(2)9-12(15(20)21)17-13(18)7-8-16-14(19)11-5-3-4-6-11/h10-12H,3-9H2,1-2H3,(H,16,19)(H,17,18)(H,20,21)/t12-/m0/s1. The van der Waals surface area contributed by atoms with Gasteiger partial charge in [-0.3, -0.25) is 9.59 Å². The van der Waals surface area contributed by atoms with Crippen LogP contribution in [0.15, 0.2) is 0 Å². The maximum Gasteiger partial charge on any atom is 0.326 e. The molecule has 1 atom stereocenters. The van der Waals surface area contributed by atoms with Crippen molar-refractivity contribution in [2.24, 2.45) is 11.8 Å². The number of carbonyl (C=O) groups is 3. The van der Waals surface area contributed by atoms with Crippen LogP contribution in [0.4, 0.5) is 0 Å². The van der Waals surface area contributed by atoms with Crippen molar-refractivity contribution in [3.63, 3.8) is 0 Å². The Balaban J connectivity index is 2.25. The largest absolute Gasteiger partial charge is 0.480 e. The third kappa shape index (κ3) is 6.60. The fourth-order valence-electron chi connectivity index (χ4n) is 2.59. The summed E-state index contributed by atoms with van der Waals surface area (Å²) in [6, 6.07) is -0.858. The van der Waals surface area contributed by atoms with Crippen molar-refractivity contribution in [1.29, 1.82) is 0 Å². The van der Waals surface area contributed by atoms with Crippen LogP contribution in [0.1, 0.15) is 52.4 Å². The zero-order valence-electron chi connectivity index (χ0n) is 12.9. The van der Waals surface area contributed by atoms with Crippen LogP contribution in [0, 0.1) is 11.8 Å². The summed E-state index contributed by atoms with van der Waals surface area (Å²) in [4.78, 5) is 34.5. The van der Waals surface area contributed by atoms with Gasteiger partial charge in [-0.15, -0.1) is 0 Å². The predicted octanol–water partition coefficient (Wildman–Crippen LogP) is 1.30. The number of carbonyl (C=O) groups excluding carboxylic acids is 2. The molecule has 6 nitrogen and oxygen atoms in total. The minimum Gasteiger partial charge on any atom is -0.480 e. The molecule has 1 rings (SSSR count). The van der Waals surface area contributed by atoms with E-state index >= 15 is 0 Å². The minimum absolute atomic E-state index is 0.0114. The quantitative estimate of drug-likeness (QED) is 0.629. The van der Waals surface area contributed by atoms with Crippen molar-refractivity contribution in [3.8, 4) is 0 Å². The van der Waals surface area contributed by atoms with Crippen molar-refractivity contribution >= 4 is 17.8 Å². The molecule has 0 saturated heterocycles. The van der Waals surface area contributed by atoms with Gasteiger partial charge in [0.05, 0.1) is 0 Å². The Kier molecular flexibility index (Phi) is 7.19. The highest BCUT2D eigenvalue weighted by Crippen LogP contribution is 2.24. The molecule has 0 radical (unpaired) electrons. The van der Waals surface area contributed by atoms with Crippen LogP contribution in [-0.2, 0) is 14.4 Å². The van der Waals surface area contributed by atoms with E-state index in [0.29, 0.717) is 6.42 Å². The van der Waals surface area contributed by atoms with Gasteiger partial charge in [0.15, 0.2) is 0 Å². The Bertz CT molecular complexity index is 376. The Hall–Kier alpha value is -1.59. The van der Waals surface area contributed by atoms with Gasteiger partial charge >= 0.3 is 5.97 Å². The number of hydrogen-bond acceptors (Lipinski definition) is 3. The van der Waals surface area contributed by atoms with Gasteiger partial charge in [0.1, 0.15) is 6.04 Å². The van der Waals surface area contributed by atoms with Gasteiger partial charge in [-0.1, -0.05) is 26.7 Å². The summed E-state index contributed by atoms with van der Waals surface area (Å²) in [5, 5.41) is 14.3. The van der Waals surface area contributed by atoms with Crippen LogP contribution in [0.25, 0.3) is 0 Å². The summed E-state index contributed by atoms with van der Waals surface area (Å²) in [7, 11) is 0. The summed E-state index contributed by atoms with van der Waals surface area (Å²) in [6.45, 7) is 4.07. The zero-order valence-corrected chi connectivity index (χ0v) is 12.9. The SMILES string of the molecule is CC(C)C[C@H](NC(=O)CCNC(=O)C1CCCC1)C(=O)O. The maximum atomic E-state index is 11.8. The highest BCUT2D eigenvalue weighted by Gasteiger charge is 2.23. The molecule has 1 fully saturated rings. The molecule has 0 aromatic carbocycles. The molecule has 3 N–H and O–H groups in total. The first-order valence-electron chi connectivity index (χ1n) is 7.70. The Morgan fingerprint density at radius 1 is 1.19 bits per heavy atom. The second-order valence-electron chi connectivity index (χ2n) is 6.11. The Labute approximate surface area is 125 Å². The number of amides is 2. The molecular weight excluding hydrogens is 272 g/mol. The second kappa shape index (κ2) is 8.64. The molecule has 0 spiro atoms. The average Bonchev–Trinajstić information content (AvgIpc) is 2.91. The van der Waals surface area contributed by atoms with Crippen LogP contribution in [-0.4, -0.2) is 35.5 Å². The van der Waals surface area contributed by atoms with E-state index in [1.165, 1.54) is 0 Å². The Morgan fingerprint density at radius 2 is 1.81 bits per heavy atom. The van der Waals surface area contributed by atoms with Crippen LogP contribution in [0.3, 0.4) is 0 Å². The first-order chi connectivity index (χ1) is 9.90. The fraction of sp³-hybridized carbons (Fsp3) is 0.800. The van der Waals surface area contributed by atoms with Crippen LogP contribution >= 0.6 is 0 Å². The lowest BCUT2D eigenvalue weighted by molar-refractivity contribution is -0.142. The van der Waals surface area contributed by atoms with Gasteiger partial charge in [-0.25, -0.2) is 4.79 Å². The molecule has 1 aliphatic carbocycles. The van der Waals surface area contributed by atoms with Gasteiger partial charge in [0.25, 0.3) is 0 Å². The van der Waals surface area contributed by atoms with E-state index in [1.807, 2.05) is 13.8 Å². The van der Waals surface area contributed by atoms with E-state index in [2.05, 4.69) is 10.6 Å². The lowest BCUT2D eigenvalue weighted by atomic mass is 10.0. The van der Waals surface area contributed by atoms with Gasteiger partial charge < -0.3 is 15.7 Å². The molecule has 1 aliphatic rings. The van der Waals surface area contributed by atoms with Crippen molar-refractivity contribution in [1.82, 2.24) is 10.6 Å². The zero-order chi connectivity index (χ0) is 15.8. The summed E-state index contributed by atoms with van der Waals surface area (Å²) < 4.78 is 0. The fourth-order valence-corrected chi connectivity index (χ4v) is 2.59. The number of hydrogen-bond donors (Lipinski definition) is 3. The number of nitrogens with one attached hydrogen (secondary N) is 2. The molecule has 0 aromatic heterocycles. The van der Waals surface area contributed by atoms with E-state index in [0.717, 1.165) is 25.7 Å². The van der Waals surface area contributed by atoms with Crippen molar-refractivity contribution in [2.75, 3.05) is 6.54 Å². The molecule has 0 heterocycles. The Morgan fingerprint density at radius 3 is 2.33 bits per heavy atom. The molecule has 0 aromatic rings. The molecule has 2 amide bonds. The van der Waals surface area contributed by atoms with Crippen LogP contribution < -0.4 is 10.6 Å². The molecule has 6 heteroatoms. The van der Waals surface area contributed by atoms with Gasteiger partial charge in [0.2, 0.25) is 11.8 Å². The topological polar surface area (TPSA) is 95.5 Å². The summed E-state index contributed by atoms with van der Waals surface area (Å²) >= 11 is 0. The molecular formula is C15H26N2O4. The number of rotatable bonds is 8. The number of aliphatic carboxylic acids is 1. The molecule has 21 heavy (non-hydrogen) atoms. The van der Waals surface area contributed by atoms with Crippen molar-refractivity contribution in [3.05, 3.63) is 0 Å². The van der Waals surface area contributed by atoms with Gasteiger partial charge in [-0.05, 0) is 25.2 Å². The van der Waals surface area contributed by atoms with Crippen LogP contribution in [0.2, 0.25) is 0 Å². The highest BCUT2D eigenvalue weighted by atomic mass is 16.4. The average molecular weight is 298 g/mol. The number of carboxylic acids is 1. The second-order valence-corrected chi connectivity index (χ2v) is 6.11. The van der Waals surface area contributed by atoms with E-state index in [9.17, 15) is 14.4 Å². The van der Waals surface area contributed by atoms with E-state index in [4.69, 9.17) is 5.11 Å². The van der Waals surface area contributed by atoms with Gasteiger partial charge in [-0.2, -0.15) is 0 Å². The molecule has 0 unspecified atom stereocenters. The molecule has 0 bridgehead atoms. The normalized spacial score (nSPS) is 16.7. The predicted molar refractivity (Wildman–Crippen MR) is 78.6 cm³/mol. The number of carboxylic acid groups (broad SMARTS) is 1. The van der Waals surface area contributed by atoms with E-state index in [1.54, 1.807) is 0 Å². The summed E-state index contributed by atoms with van der Waals surface area (Å²) in [5.41, 5.74) is 0. The van der Waals surface area contributed by atoms with Gasteiger partial charge in [0, 0.05) is 18.9 Å². The summed E-state index contributed by atoms with van der Waals surface area (Å²) in [6.07, 6.45) is 4.54. The molecule has 120 valence electrons. The van der Waals surface area contributed by atoms with Crippen molar-refractivity contribution < 1.29 is 19.5 Å². The van der Waals surface area contributed by atoms with E-state index < -0.39 is 12.0 Å². The third-order valence-corrected chi connectivity index (χ3v) is 3.72. The minimum atomic E-state index is -1.02. The maximum absolute atomic E-state index is 11.8. The molecule has 0 aliphatic heterocycles. The lowest BCUT2D eigenvalue weighted by Crippen LogP contribution is -2.43. The summed E-state index contributed by atoms with van der Waals surface area (Å²) in [5.74, 6) is -1.08. The van der Waals surface area contributed by atoms with Crippen molar-refractivity contribution in [2.45, 2.75) is 58.4 Å². The third-order valence-electron chi connectivity index (χ3n) is 3.72. The lowest BCUT2D eigenvalue weighted by Gasteiger charge is -2.16. The highest BCUT2D eigenvalue weighted by molar-refractivity contribution is 5.84. The first-order valence-corrected chi connectivity index (χ1v) is 7.70.